The van der Waals surface area contributed by atoms with E-state index in [1.54, 1.807) is 0 Å². The average Bonchev–Trinajstić information content (AvgIpc) is 2.29. The minimum atomic E-state index is 0.0813. The quantitative estimate of drug-likeness (QED) is 0.882. The molecule has 1 unspecified atom stereocenters. The Bertz CT molecular complexity index is 395. The smallest absolute Gasteiger partial charge is 0.0620 e. The van der Waals surface area contributed by atoms with Gasteiger partial charge in [-0.3, -0.25) is 0 Å². The van der Waals surface area contributed by atoms with Gasteiger partial charge in [-0.25, -0.2) is 0 Å². The van der Waals surface area contributed by atoms with Crippen LogP contribution in [0.1, 0.15) is 49.9 Å². The van der Waals surface area contributed by atoms with Gasteiger partial charge in [0.05, 0.1) is 6.61 Å². The summed E-state index contributed by atoms with van der Waals surface area (Å²) in [7, 11) is 0. The fourth-order valence-electron chi connectivity index (χ4n) is 2.34. The summed E-state index contributed by atoms with van der Waals surface area (Å²) in [6, 6.07) is 4.68. The molecule has 1 rings (SSSR count). The maximum absolute atomic E-state index is 6.13. The lowest BCUT2D eigenvalue weighted by molar-refractivity contribution is 0.133. The van der Waals surface area contributed by atoms with E-state index in [0.29, 0.717) is 6.61 Å². The second-order valence-electron chi connectivity index (χ2n) is 6.46. The van der Waals surface area contributed by atoms with Gasteiger partial charge in [-0.15, -0.1) is 0 Å². The van der Waals surface area contributed by atoms with E-state index < -0.39 is 0 Å². The molecule has 1 aromatic rings. The Balaban J connectivity index is 2.92. The summed E-state index contributed by atoms with van der Waals surface area (Å²) in [6.07, 6.45) is 0.891. The number of hydrogen-bond acceptors (Lipinski definition) is 2. The molecule has 2 heteroatoms. The van der Waals surface area contributed by atoms with E-state index in [2.05, 4.69) is 46.8 Å². The maximum Gasteiger partial charge on any atom is 0.0620 e. The SMILES string of the molecule is CCOCC(N)Cc1c(C)cc(C(C)(C)C)cc1C. The Hall–Kier alpha value is -0.860. The number of rotatable bonds is 5. The fraction of sp³-hybridized carbons (Fsp3) is 0.647. The van der Waals surface area contributed by atoms with E-state index in [9.17, 15) is 0 Å². The van der Waals surface area contributed by atoms with Crippen LogP contribution >= 0.6 is 0 Å². The van der Waals surface area contributed by atoms with E-state index >= 15 is 0 Å². The summed E-state index contributed by atoms with van der Waals surface area (Å²) in [5.74, 6) is 0. The van der Waals surface area contributed by atoms with Crippen LogP contribution in [0.4, 0.5) is 0 Å². The van der Waals surface area contributed by atoms with Crippen molar-refractivity contribution in [1.82, 2.24) is 0 Å². The Kier molecular flexibility index (Phi) is 5.57. The van der Waals surface area contributed by atoms with Crippen molar-refractivity contribution in [2.75, 3.05) is 13.2 Å². The first-order valence-electron chi connectivity index (χ1n) is 7.19. The molecule has 1 atom stereocenters. The highest BCUT2D eigenvalue weighted by Gasteiger charge is 2.17. The normalized spacial score (nSPS) is 13.6. The number of hydrogen-bond donors (Lipinski definition) is 1. The van der Waals surface area contributed by atoms with Crippen molar-refractivity contribution >= 4 is 0 Å². The Morgan fingerprint density at radius 2 is 1.68 bits per heavy atom. The van der Waals surface area contributed by atoms with Crippen molar-refractivity contribution in [1.29, 1.82) is 0 Å². The molecule has 0 aliphatic rings. The van der Waals surface area contributed by atoms with Crippen LogP contribution in [-0.4, -0.2) is 19.3 Å². The lowest BCUT2D eigenvalue weighted by atomic mass is 9.83. The van der Waals surface area contributed by atoms with E-state index in [-0.39, 0.29) is 11.5 Å². The summed E-state index contributed by atoms with van der Waals surface area (Å²) in [5, 5.41) is 0. The van der Waals surface area contributed by atoms with Gasteiger partial charge < -0.3 is 10.5 Å². The molecule has 0 aromatic heterocycles. The molecule has 0 aliphatic carbocycles. The monoisotopic (exact) mass is 263 g/mol. The van der Waals surface area contributed by atoms with Gasteiger partial charge in [0.25, 0.3) is 0 Å². The highest BCUT2D eigenvalue weighted by Crippen LogP contribution is 2.27. The average molecular weight is 263 g/mol. The second-order valence-corrected chi connectivity index (χ2v) is 6.46. The molecule has 0 heterocycles. The van der Waals surface area contributed by atoms with Crippen LogP contribution in [0.5, 0.6) is 0 Å². The van der Waals surface area contributed by atoms with Crippen LogP contribution in [0.25, 0.3) is 0 Å². The first kappa shape index (κ1) is 16.2. The Morgan fingerprint density at radius 3 is 2.11 bits per heavy atom. The molecule has 0 radical (unpaired) electrons. The molecule has 19 heavy (non-hydrogen) atoms. The number of nitrogens with two attached hydrogens (primary N) is 1. The largest absolute Gasteiger partial charge is 0.380 e. The van der Waals surface area contributed by atoms with Gasteiger partial charge in [-0.2, -0.15) is 0 Å². The number of ether oxygens (including phenoxy) is 1. The van der Waals surface area contributed by atoms with Crippen molar-refractivity contribution in [3.8, 4) is 0 Å². The molecule has 0 saturated heterocycles. The van der Waals surface area contributed by atoms with Crippen molar-refractivity contribution < 1.29 is 4.74 Å². The zero-order chi connectivity index (χ0) is 14.6. The minimum Gasteiger partial charge on any atom is -0.380 e. The van der Waals surface area contributed by atoms with Crippen molar-refractivity contribution in [3.05, 3.63) is 34.4 Å². The highest BCUT2D eigenvalue weighted by atomic mass is 16.5. The first-order valence-corrected chi connectivity index (χ1v) is 7.19. The van der Waals surface area contributed by atoms with Crippen LogP contribution < -0.4 is 5.73 Å². The highest BCUT2D eigenvalue weighted by molar-refractivity contribution is 5.40. The van der Waals surface area contributed by atoms with Crippen molar-refractivity contribution in [2.24, 2.45) is 5.73 Å². The van der Waals surface area contributed by atoms with E-state index in [1.165, 1.54) is 22.3 Å². The number of benzene rings is 1. The lowest BCUT2D eigenvalue weighted by Gasteiger charge is -2.23. The van der Waals surface area contributed by atoms with Crippen molar-refractivity contribution in [2.45, 2.75) is 59.4 Å². The van der Waals surface area contributed by atoms with Crippen LogP contribution in [0.15, 0.2) is 12.1 Å². The predicted molar refractivity (Wildman–Crippen MR) is 82.8 cm³/mol. The maximum atomic E-state index is 6.13. The molecule has 2 nitrogen and oxygen atoms in total. The summed E-state index contributed by atoms with van der Waals surface area (Å²) in [5.41, 5.74) is 11.8. The summed E-state index contributed by atoms with van der Waals surface area (Å²) in [4.78, 5) is 0. The van der Waals surface area contributed by atoms with E-state index in [1.807, 2.05) is 6.92 Å². The van der Waals surface area contributed by atoms with Gasteiger partial charge >= 0.3 is 0 Å². The first-order chi connectivity index (χ1) is 8.75. The standard InChI is InChI=1S/C17H29NO/c1-7-19-11-15(18)10-16-12(2)8-14(9-13(16)3)17(4,5)6/h8-9,15H,7,10-11,18H2,1-6H3. The Labute approximate surface area is 118 Å². The van der Waals surface area contributed by atoms with Crippen LogP contribution in [-0.2, 0) is 16.6 Å². The van der Waals surface area contributed by atoms with Gasteiger partial charge in [-0.1, -0.05) is 32.9 Å². The predicted octanol–water partition coefficient (Wildman–Crippen LogP) is 3.51. The van der Waals surface area contributed by atoms with Gasteiger partial charge in [0.15, 0.2) is 0 Å². The zero-order valence-corrected chi connectivity index (χ0v) is 13.3. The molecule has 0 bridgehead atoms. The van der Waals surface area contributed by atoms with E-state index in [4.69, 9.17) is 10.5 Å². The van der Waals surface area contributed by atoms with Crippen molar-refractivity contribution in [3.63, 3.8) is 0 Å². The van der Waals surface area contributed by atoms with Gasteiger partial charge in [0, 0.05) is 12.6 Å². The second kappa shape index (κ2) is 6.53. The van der Waals surface area contributed by atoms with Crippen LogP contribution in [0.3, 0.4) is 0 Å². The molecular weight excluding hydrogens is 234 g/mol. The summed E-state index contributed by atoms with van der Waals surface area (Å²) >= 11 is 0. The molecule has 0 amide bonds. The summed E-state index contributed by atoms with van der Waals surface area (Å²) in [6.45, 7) is 14.5. The molecule has 0 fully saturated rings. The topological polar surface area (TPSA) is 35.2 Å². The fourth-order valence-corrected chi connectivity index (χ4v) is 2.34. The number of aryl methyl sites for hydroxylation is 2. The molecular formula is C17H29NO. The third-order valence-electron chi connectivity index (χ3n) is 3.56. The molecule has 0 aliphatic heterocycles. The molecule has 2 N–H and O–H groups in total. The van der Waals surface area contributed by atoms with Gasteiger partial charge in [0.2, 0.25) is 0 Å². The third kappa shape index (κ3) is 4.63. The summed E-state index contributed by atoms with van der Waals surface area (Å²) < 4.78 is 5.40. The molecule has 0 saturated carbocycles. The molecule has 0 spiro atoms. The van der Waals surface area contributed by atoms with E-state index in [0.717, 1.165) is 13.0 Å². The van der Waals surface area contributed by atoms with Crippen LogP contribution in [0, 0.1) is 13.8 Å². The minimum absolute atomic E-state index is 0.0813. The van der Waals surface area contributed by atoms with Crippen LogP contribution in [0.2, 0.25) is 0 Å². The molecule has 108 valence electrons. The third-order valence-corrected chi connectivity index (χ3v) is 3.56. The zero-order valence-electron chi connectivity index (χ0n) is 13.3. The molecule has 1 aromatic carbocycles. The van der Waals surface area contributed by atoms with Gasteiger partial charge in [-0.05, 0) is 54.9 Å². The lowest BCUT2D eigenvalue weighted by Crippen LogP contribution is -2.29. The Morgan fingerprint density at radius 1 is 1.16 bits per heavy atom. The van der Waals surface area contributed by atoms with Gasteiger partial charge in [0.1, 0.15) is 0 Å².